The smallest absolute Gasteiger partial charge is 0.245 e. The Morgan fingerprint density at radius 3 is 2.62 bits per heavy atom. The number of rotatable bonds is 2. The van der Waals surface area contributed by atoms with Crippen molar-refractivity contribution in [2.75, 3.05) is 6.54 Å². The second-order valence-corrected chi connectivity index (χ2v) is 7.22. The summed E-state index contributed by atoms with van der Waals surface area (Å²) in [5.74, 6) is 5.53. The molecule has 0 bridgehead atoms. The average molecular weight is 307 g/mol. The third-order valence-electron chi connectivity index (χ3n) is 3.74. The first-order valence-electron chi connectivity index (χ1n) is 7.14. The Morgan fingerprint density at radius 1 is 1.33 bits per heavy atom. The van der Waals surface area contributed by atoms with Crippen LogP contribution in [0.2, 0.25) is 0 Å². The van der Waals surface area contributed by atoms with E-state index in [2.05, 4.69) is 16.8 Å². The van der Waals surface area contributed by atoms with Gasteiger partial charge in [-0.25, -0.2) is 8.42 Å². The minimum absolute atomic E-state index is 0.0116. The molecule has 1 aromatic rings. The lowest BCUT2D eigenvalue weighted by molar-refractivity contribution is 0.204. The summed E-state index contributed by atoms with van der Waals surface area (Å²) in [5.41, 5.74) is 5.90. The van der Waals surface area contributed by atoms with Gasteiger partial charge in [-0.2, -0.15) is 4.31 Å². The molecule has 1 fully saturated rings. The van der Waals surface area contributed by atoms with E-state index in [9.17, 15) is 8.42 Å². The molecule has 2 N–H and O–H groups in total. The largest absolute Gasteiger partial charge is 0.320 e. The molecule has 0 unspecified atom stereocenters. The van der Waals surface area contributed by atoms with Crippen LogP contribution in [-0.2, 0) is 10.0 Å². The van der Waals surface area contributed by atoms with Crippen LogP contribution in [0.15, 0.2) is 23.4 Å². The standard InChI is InChI=1S/C15H21N3O2S/c1-12-5-3-6-13(2)18(12)21(19,20)15-9-14(7-4-8-16)10-17-11-15/h9-13H,3,5-6,8,16H2,1-2H3/t12-,13+. The highest BCUT2D eigenvalue weighted by molar-refractivity contribution is 7.89. The lowest BCUT2D eigenvalue weighted by atomic mass is 10.0. The fourth-order valence-corrected chi connectivity index (χ4v) is 4.65. The number of nitrogens with zero attached hydrogens (tertiary/aromatic N) is 2. The fraction of sp³-hybridized carbons (Fsp3) is 0.533. The van der Waals surface area contributed by atoms with Crippen LogP contribution in [0.4, 0.5) is 0 Å². The SMILES string of the molecule is C[C@@H]1CCC[C@H](C)N1S(=O)(=O)c1cncc(C#CCN)c1. The number of piperidine rings is 1. The number of sulfonamides is 1. The molecule has 0 saturated carbocycles. The van der Waals surface area contributed by atoms with E-state index in [0.717, 1.165) is 19.3 Å². The summed E-state index contributed by atoms with van der Waals surface area (Å²) in [6, 6.07) is 1.59. The van der Waals surface area contributed by atoms with Crippen LogP contribution in [0.25, 0.3) is 0 Å². The molecular weight excluding hydrogens is 286 g/mol. The lowest BCUT2D eigenvalue weighted by Crippen LogP contribution is -2.47. The van der Waals surface area contributed by atoms with E-state index in [1.807, 2.05) is 13.8 Å². The average Bonchev–Trinajstić information content (AvgIpc) is 2.45. The number of hydrogen-bond donors (Lipinski definition) is 1. The molecule has 1 saturated heterocycles. The first-order valence-corrected chi connectivity index (χ1v) is 8.58. The van der Waals surface area contributed by atoms with Crippen molar-refractivity contribution in [1.29, 1.82) is 0 Å². The maximum Gasteiger partial charge on any atom is 0.245 e. The molecule has 6 heteroatoms. The van der Waals surface area contributed by atoms with E-state index in [-0.39, 0.29) is 23.5 Å². The molecule has 0 spiro atoms. The number of hydrogen-bond acceptors (Lipinski definition) is 4. The van der Waals surface area contributed by atoms with Gasteiger partial charge in [0.05, 0.1) is 6.54 Å². The van der Waals surface area contributed by atoms with E-state index in [1.165, 1.54) is 6.20 Å². The van der Waals surface area contributed by atoms with Gasteiger partial charge in [0.25, 0.3) is 0 Å². The van der Waals surface area contributed by atoms with Crippen LogP contribution >= 0.6 is 0 Å². The Hall–Kier alpha value is -1.42. The number of nitrogens with two attached hydrogens (primary N) is 1. The number of aromatic nitrogens is 1. The second-order valence-electron chi connectivity index (χ2n) is 5.38. The van der Waals surface area contributed by atoms with Gasteiger partial charge in [0, 0.05) is 30.0 Å². The normalized spacial score (nSPS) is 23.4. The molecule has 1 aliphatic rings. The summed E-state index contributed by atoms with van der Waals surface area (Å²) in [6.45, 7) is 4.15. The molecule has 2 rings (SSSR count). The fourth-order valence-electron chi connectivity index (χ4n) is 2.77. The van der Waals surface area contributed by atoms with Crippen molar-refractivity contribution in [3.05, 3.63) is 24.0 Å². The molecular formula is C15H21N3O2S. The molecule has 0 radical (unpaired) electrons. The van der Waals surface area contributed by atoms with E-state index >= 15 is 0 Å². The Balaban J connectivity index is 2.39. The third kappa shape index (κ3) is 3.43. The van der Waals surface area contributed by atoms with E-state index in [0.29, 0.717) is 5.56 Å². The summed E-state index contributed by atoms with van der Waals surface area (Å²) in [6.07, 6.45) is 5.78. The molecule has 21 heavy (non-hydrogen) atoms. The van der Waals surface area contributed by atoms with Crippen molar-refractivity contribution < 1.29 is 8.42 Å². The van der Waals surface area contributed by atoms with Crippen molar-refractivity contribution in [2.24, 2.45) is 5.73 Å². The summed E-state index contributed by atoms with van der Waals surface area (Å²) < 4.78 is 27.3. The predicted molar refractivity (Wildman–Crippen MR) is 82.0 cm³/mol. The minimum atomic E-state index is -3.54. The summed E-state index contributed by atoms with van der Waals surface area (Å²) in [5, 5.41) is 0. The zero-order valence-electron chi connectivity index (χ0n) is 12.4. The van der Waals surface area contributed by atoms with Gasteiger partial charge in [0.2, 0.25) is 10.0 Å². The van der Waals surface area contributed by atoms with Gasteiger partial charge in [0.15, 0.2) is 0 Å². The molecule has 0 aromatic carbocycles. The van der Waals surface area contributed by atoms with Crippen molar-refractivity contribution in [1.82, 2.24) is 9.29 Å². The van der Waals surface area contributed by atoms with Crippen LogP contribution < -0.4 is 5.73 Å². The van der Waals surface area contributed by atoms with Gasteiger partial charge in [-0.15, -0.1) is 0 Å². The van der Waals surface area contributed by atoms with Crippen LogP contribution in [0, 0.1) is 11.8 Å². The molecule has 2 heterocycles. The molecule has 1 aliphatic heterocycles. The van der Waals surface area contributed by atoms with E-state index in [1.54, 1.807) is 16.6 Å². The molecule has 2 atom stereocenters. The molecule has 0 aliphatic carbocycles. The van der Waals surface area contributed by atoms with Crippen molar-refractivity contribution in [3.8, 4) is 11.8 Å². The van der Waals surface area contributed by atoms with Crippen LogP contribution in [0.5, 0.6) is 0 Å². The Morgan fingerprint density at radius 2 is 2.00 bits per heavy atom. The predicted octanol–water partition coefficient (Wildman–Crippen LogP) is 1.34. The van der Waals surface area contributed by atoms with Gasteiger partial charge in [-0.05, 0) is 32.8 Å². The molecule has 1 aromatic heterocycles. The van der Waals surface area contributed by atoms with Gasteiger partial charge < -0.3 is 5.73 Å². The Labute approximate surface area is 126 Å². The van der Waals surface area contributed by atoms with Crippen LogP contribution in [0.1, 0.15) is 38.7 Å². The van der Waals surface area contributed by atoms with E-state index < -0.39 is 10.0 Å². The Bertz CT molecular complexity index is 651. The monoisotopic (exact) mass is 307 g/mol. The van der Waals surface area contributed by atoms with Gasteiger partial charge in [-0.1, -0.05) is 18.3 Å². The minimum Gasteiger partial charge on any atom is -0.320 e. The zero-order chi connectivity index (χ0) is 15.5. The zero-order valence-corrected chi connectivity index (χ0v) is 13.2. The summed E-state index contributed by atoms with van der Waals surface area (Å²) >= 11 is 0. The second kappa shape index (κ2) is 6.56. The van der Waals surface area contributed by atoms with Gasteiger partial charge in [0.1, 0.15) is 4.90 Å². The van der Waals surface area contributed by atoms with Crippen molar-refractivity contribution in [2.45, 2.75) is 50.1 Å². The maximum atomic E-state index is 12.8. The molecule has 5 nitrogen and oxygen atoms in total. The number of pyridine rings is 1. The molecule has 114 valence electrons. The highest BCUT2D eigenvalue weighted by Gasteiger charge is 2.35. The Kier molecular flexibility index (Phi) is 4.99. The summed E-state index contributed by atoms with van der Waals surface area (Å²) in [7, 11) is -3.54. The quantitative estimate of drug-likeness (QED) is 0.837. The lowest BCUT2D eigenvalue weighted by Gasteiger charge is -2.37. The topological polar surface area (TPSA) is 76.3 Å². The van der Waals surface area contributed by atoms with Crippen LogP contribution in [-0.4, -0.2) is 36.3 Å². The highest BCUT2D eigenvalue weighted by Crippen LogP contribution is 2.29. The van der Waals surface area contributed by atoms with Crippen molar-refractivity contribution >= 4 is 10.0 Å². The maximum absolute atomic E-state index is 12.8. The van der Waals surface area contributed by atoms with Crippen molar-refractivity contribution in [3.63, 3.8) is 0 Å². The third-order valence-corrected chi connectivity index (χ3v) is 5.83. The van der Waals surface area contributed by atoms with Crippen LogP contribution in [0.3, 0.4) is 0 Å². The summed E-state index contributed by atoms with van der Waals surface area (Å²) in [4.78, 5) is 4.20. The first-order chi connectivity index (χ1) is 9.96. The van der Waals surface area contributed by atoms with Gasteiger partial charge >= 0.3 is 0 Å². The van der Waals surface area contributed by atoms with E-state index in [4.69, 9.17) is 5.73 Å². The molecule has 0 amide bonds. The highest BCUT2D eigenvalue weighted by atomic mass is 32.2. The first kappa shape index (κ1) is 16.0. The van der Waals surface area contributed by atoms with Gasteiger partial charge in [-0.3, -0.25) is 4.98 Å².